The lowest BCUT2D eigenvalue weighted by atomic mass is 10.2. The number of carboxylic acids is 1. The van der Waals surface area contributed by atoms with Gasteiger partial charge in [-0.25, -0.2) is 9.97 Å². The molecule has 6 nitrogen and oxygen atoms in total. The molecule has 92 valence electrons. The molecule has 0 fully saturated rings. The van der Waals surface area contributed by atoms with Crippen LogP contribution in [0.5, 0.6) is 5.88 Å². The van der Waals surface area contributed by atoms with Gasteiger partial charge >= 0.3 is 5.97 Å². The van der Waals surface area contributed by atoms with Crippen LogP contribution in [0.4, 0.5) is 0 Å². The number of ether oxygens (including phenoxy) is 1. The predicted molar refractivity (Wildman–Crippen MR) is 63.0 cm³/mol. The molecule has 6 heteroatoms. The predicted octanol–water partition coefficient (Wildman–Crippen LogP) is 1.39. The van der Waals surface area contributed by atoms with E-state index in [1.54, 1.807) is 12.3 Å². The molecule has 2 rings (SSSR count). The number of hydrogen-bond acceptors (Lipinski definition) is 5. The molecular formula is C12H11N3O3. The van der Waals surface area contributed by atoms with Gasteiger partial charge in [-0.2, -0.15) is 0 Å². The molecule has 2 aromatic heterocycles. The van der Waals surface area contributed by atoms with Gasteiger partial charge in [0.2, 0.25) is 5.88 Å². The maximum atomic E-state index is 10.4. The Bertz CT molecular complexity index is 531. The topological polar surface area (TPSA) is 85.2 Å². The Morgan fingerprint density at radius 1 is 1.22 bits per heavy atom. The lowest BCUT2D eigenvalue weighted by Crippen LogP contribution is -2.06. The van der Waals surface area contributed by atoms with Crippen molar-refractivity contribution in [3.8, 4) is 17.3 Å². The van der Waals surface area contributed by atoms with E-state index in [-0.39, 0.29) is 13.0 Å². The second-order valence-electron chi connectivity index (χ2n) is 3.45. The van der Waals surface area contributed by atoms with Gasteiger partial charge in [0, 0.05) is 12.3 Å². The molecule has 1 N–H and O–H groups in total. The summed E-state index contributed by atoms with van der Waals surface area (Å²) in [5, 5.41) is 8.50. The van der Waals surface area contributed by atoms with Gasteiger partial charge in [-0.3, -0.25) is 9.78 Å². The van der Waals surface area contributed by atoms with Crippen molar-refractivity contribution in [3.63, 3.8) is 0 Å². The number of carbonyl (C=O) groups is 1. The van der Waals surface area contributed by atoms with Crippen LogP contribution in [0.25, 0.3) is 11.4 Å². The lowest BCUT2D eigenvalue weighted by molar-refractivity contribution is -0.137. The fourth-order valence-electron chi connectivity index (χ4n) is 1.32. The molecule has 0 bridgehead atoms. The molecule has 2 aromatic rings. The summed E-state index contributed by atoms with van der Waals surface area (Å²) in [5.41, 5.74) is 1.35. The van der Waals surface area contributed by atoms with Crippen LogP contribution in [0.2, 0.25) is 0 Å². The summed E-state index contributed by atoms with van der Waals surface area (Å²) in [5.74, 6) is -0.569. The standard InChI is InChI=1S/C12H11N3O3/c16-12(17)4-6-18-11-7-10(14-8-15-11)9-3-1-2-5-13-9/h1-3,5,7-8H,4,6H2,(H,16,17). The maximum absolute atomic E-state index is 10.4. The summed E-state index contributed by atoms with van der Waals surface area (Å²) in [6, 6.07) is 7.12. The normalized spacial score (nSPS) is 10.0. The van der Waals surface area contributed by atoms with Crippen molar-refractivity contribution in [2.24, 2.45) is 0 Å². The number of aliphatic carboxylic acids is 1. The van der Waals surface area contributed by atoms with Crippen LogP contribution < -0.4 is 4.74 Å². The molecule has 0 atom stereocenters. The van der Waals surface area contributed by atoms with E-state index in [1.165, 1.54) is 6.33 Å². The number of rotatable bonds is 5. The van der Waals surface area contributed by atoms with Crippen molar-refractivity contribution in [2.75, 3.05) is 6.61 Å². The first-order valence-electron chi connectivity index (χ1n) is 5.34. The molecular weight excluding hydrogens is 234 g/mol. The smallest absolute Gasteiger partial charge is 0.306 e. The number of aromatic nitrogens is 3. The molecule has 0 aliphatic heterocycles. The highest BCUT2D eigenvalue weighted by Crippen LogP contribution is 2.16. The Labute approximate surface area is 103 Å². The maximum Gasteiger partial charge on any atom is 0.306 e. The Morgan fingerprint density at radius 3 is 2.83 bits per heavy atom. The number of nitrogens with zero attached hydrogens (tertiary/aromatic N) is 3. The van der Waals surface area contributed by atoms with Crippen molar-refractivity contribution in [1.82, 2.24) is 15.0 Å². The molecule has 18 heavy (non-hydrogen) atoms. The number of carboxylic acid groups (broad SMARTS) is 1. The van der Waals surface area contributed by atoms with E-state index < -0.39 is 5.97 Å². The molecule has 0 aliphatic carbocycles. The minimum absolute atomic E-state index is 0.0665. The Hall–Kier alpha value is -2.50. The largest absolute Gasteiger partial charge is 0.481 e. The van der Waals surface area contributed by atoms with E-state index in [4.69, 9.17) is 9.84 Å². The van der Waals surface area contributed by atoms with Gasteiger partial charge in [0.15, 0.2) is 0 Å². The summed E-state index contributed by atoms with van der Waals surface area (Å²) >= 11 is 0. The molecule has 2 heterocycles. The van der Waals surface area contributed by atoms with Crippen molar-refractivity contribution >= 4 is 5.97 Å². The van der Waals surface area contributed by atoms with E-state index in [9.17, 15) is 4.79 Å². The molecule has 0 radical (unpaired) electrons. The van der Waals surface area contributed by atoms with E-state index in [0.717, 1.165) is 0 Å². The van der Waals surface area contributed by atoms with Gasteiger partial charge in [0.1, 0.15) is 12.9 Å². The lowest BCUT2D eigenvalue weighted by Gasteiger charge is -2.04. The average Bonchev–Trinajstić information content (AvgIpc) is 2.40. The zero-order chi connectivity index (χ0) is 12.8. The van der Waals surface area contributed by atoms with Gasteiger partial charge in [0.25, 0.3) is 0 Å². The van der Waals surface area contributed by atoms with E-state index in [2.05, 4.69) is 15.0 Å². The Kier molecular flexibility index (Phi) is 3.80. The van der Waals surface area contributed by atoms with Gasteiger partial charge in [-0.05, 0) is 12.1 Å². The molecule has 0 saturated carbocycles. The average molecular weight is 245 g/mol. The first-order valence-corrected chi connectivity index (χ1v) is 5.34. The molecule has 0 spiro atoms. The Balaban J connectivity index is 2.08. The van der Waals surface area contributed by atoms with Crippen LogP contribution in [-0.2, 0) is 4.79 Å². The van der Waals surface area contributed by atoms with Gasteiger partial charge in [-0.1, -0.05) is 6.07 Å². The highest BCUT2D eigenvalue weighted by molar-refractivity contribution is 5.66. The highest BCUT2D eigenvalue weighted by atomic mass is 16.5. The van der Waals surface area contributed by atoms with Crippen LogP contribution in [0, 0.1) is 0 Å². The van der Waals surface area contributed by atoms with Gasteiger partial charge in [-0.15, -0.1) is 0 Å². The number of pyridine rings is 1. The summed E-state index contributed by atoms with van der Waals surface area (Å²) in [6.07, 6.45) is 2.96. The first-order chi connectivity index (χ1) is 8.75. The summed E-state index contributed by atoms with van der Waals surface area (Å²) in [6.45, 7) is 0.0774. The van der Waals surface area contributed by atoms with Crippen LogP contribution in [0.1, 0.15) is 6.42 Å². The highest BCUT2D eigenvalue weighted by Gasteiger charge is 2.04. The second kappa shape index (κ2) is 5.72. The quantitative estimate of drug-likeness (QED) is 0.856. The van der Waals surface area contributed by atoms with Crippen LogP contribution in [-0.4, -0.2) is 32.6 Å². The van der Waals surface area contributed by atoms with Crippen LogP contribution >= 0.6 is 0 Å². The summed E-state index contributed by atoms with van der Waals surface area (Å²) in [7, 11) is 0. The summed E-state index contributed by atoms with van der Waals surface area (Å²) in [4.78, 5) is 22.5. The van der Waals surface area contributed by atoms with E-state index in [0.29, 0.717) is 17.3 Å². The second-order valence-corrected chi connectivity index (χ2v) is 3.45. The third-order valence-electron chi connectivity index (χ3n) is 2.14. The third-order valence-corrected chi connectivity index (χ3v) is 2.14. The monoisotopic (exact) mass is 245 g/mol. The molecule has 0 saturated heterocycles. The van der Waals surface area contributed by atoms with Crippen molar-refractivity contribution in [2.45, 2.75) is 6.42 Å². The third kappa shape index (κ3) is 3.24. The van der Waals surface area contributed by atoms with Gasteiger partial charge < -0.3 is 9.84 Å². The minimum Gasteiger partial charge on any atom is -0.481 e. The first kappa shape index (κ1) is 12.0. The van der Waals surface area contributed by atoms with Gasteiger partial charge in [0.05, 0.1) is 17.8 Å². The van der Waals surface area contributed by atoms with Crippen molar-refractivity contribution < 1.29 is 14.6 Å². The SMILES string of the molecule is O=C(O)CCOc1cc(-c2ccccn2)ncn1. The van der Waals surface area contributed by atoms with E-state index >= 15 is 0 Å². The fourth-order valence-corrected chi connectivity index (χ4v) is 1.32. The molecule has 0 amide bonds. The van der Waals surface area contributed by atoms with Crippen LogP contribution in [0.15, 0.2) is 36.8 Å². The van der Waals surface area contributed by atoms with Crippen molar-refractivity contribution in [1.29, 1.82) is 0 Å². The minimum atomic E-state index is -0.908. The molecule has 0 aliphatic rings. The molecule has 0 unspecified atom stereocenters. The number of hydrogen-bond donors (Lipinski definition) is 1. The fraction of sp³-hybridized carbons (Fsp3) is 0.167. The Morgan fingerprint density at radius 2 is 2.11 bits per heavy atom. The molecule has 0 aromatic carbocycles. The zero-order valence-corrected chi connectivity index (χ0v) is 9.48. The zero-order valence-electron chi connectivity index (χ0n) is 9.48. The summed E-state index contributed by atoms with van der Waals surface area (Å²) < 4.78 is 5.22. The van der Waals surface area contributed by atoms with Crippen molar-refractivity contribution in [3.05, 3.63) is 36.8 Å². The van der Waals surface area contributed by atoms with E-state index in [1.807, 2.05) is 18.2 Å². The van der Waals surface area contributed by atoms with Crippen LogP contribution in [0.3, 0.4) is 0 Å².